The average molecular weight is 979 g/mol. The summed E-state index contributed by atoms with van der Waals surface area (Å²) in [5.74, 6) is 0. The molecule has 0 aliphatic rings. The third kappa shape index (κ3) is 11.5. The molecule has 0 radical (unpaired) electrons. The van der Waals surface area contributed by atoms with Crippen LogP contribution < -0.4 is 0 Å². The summed E-state index contributed by atoms with van der Waals surface area (Å²) in [7, 11) is 0. The molecule has 2 aromatic heterocycles. The zero-order chi connectivity index (χ0) is 44.1. The third-order valence-corrected chi connectivity index (χ3v) is 14.8. The lowest BCUT2D eigenvalue weighted by Crippen LogP contribution is -1.95. The fourth-order valence-corrected chi connectivity index (χ4v) is 10.9. The van der Waals surface area contributed by atoms with E-state index in [1.165, 1.54) is 206 Å². The normalized spacial score (nSPS) is 11.9. The maximum Gasteiger partial charge on any atom is 0.0552 e. The smallest absolute Gasteiger partial charge is 0.0552 e. The Kier molecular flexibility index (Phi) is 16.9. The van der Waals surface area contributed by atoms with E-state index < -0.39 is 0 Å². The first kappa shape index (κ1) is 46.4. The molecule has 0 aliphatic carbocycles. The van der Waals surface area contributed by atoms with Crippen LogP contribution in [0.25, 0.3) is 66.1 Å². The molecule has 0 amide bonds. The van der Waals surface area contributed by atoms with E-state index in [2.05, 4.69) is 176 Å². The van der Waals surface area contributed by atoms with Gasteiger partial charge in [-0.2, -0.15) is 0 Å². The quantitative estimate of drug-likeness (QED) is 0.0505. The van der Waals surface area contributed by atoms with E-state index in [9.17, 15) is 0 Å². The number of fused-ring (bicyclic) bond motifs is 6. The van der Waals surface area contributed by atoms with Gasteiger partial charge >= 0.3 is 0 Å². The van der Waals surface area contributed by atoms with Gasteiger partial charge in [-0.25, -0.2) is 0 Å². The molecule has 2 nitrogen and oxygen atoms in total. The Balaban J connectivity index is 0.948. The Morgan fingerprint density at radius 3 is 1.02 bits per heavy atom. The van der Waals surface area contributed by atoms with Crippen molar-refractivity contribution in [3.8, 4) is 22.5 Å². The number of rotatable bonds is 25. The molecule has 0 unspecified atom stereocenters. The largest absolute Gasteiger partial charge is 0.309 e. The van der Waals surface area contributed by atoms with Crippen LogP contribution in [0.1, 0.15) is 153 Å². The standard InChI is InChI=1S/C60H70Br2N2/c1-3-5-7-9-11-13-15-17-19-21-23-45-25-39-57-55(41-45)53-37-31-49(61)43-59(53)63(57)51-33-27-47(28-34-51)48-29-35-52(36-30-48)64-58-40-26-46(24-22-20-18-16-14-12-10-8-6-4-2)42-56(58)54-38-32-50(62)44-60(54)64/h25-44H,3-24H2,1-2H3. The van der Waals surface area contributed by atoms with E-state index in [-0.39, 0.29) is 0 Å². The van der Waals surface area contributed by atoms with Crippen molar-refractivity contribution in [1.82, 2.24) is 9.13 Å². The molecule has 6 aromatic carbocycles. The van der Waals surface area contributed by atoms with Crippen molar-refractivity contribution in [3.05, 3.63) is 141 Å². The summed E-state index contributed by atoms with van der Waals surface area (Å²) >= 11 is 7.58. The van der Waals surface area contributed by atoms with Crippen molar-refractivity contribution in [2.75, 3.05) is 0 Å². The van der Waals surface area contributed by atoms with Crippen LogP contribution in [0, 0.1) is 0 Å². The molecule has 0 spiro atoms. The predicted octanol–water partition coefficient (Wildman–Crippen LogP) is 20.0. The zero-order valence-electron chi connectivity index (χ0n) is 38.8. The fourth-order valence-electron chi connectivity index (χ4n) is 10.2. The van der Waals surface area contributed by atoms with Crippen molar-refractivity contribution >= 4 is 75.5 Å². The molecule has 0 atom stereocenters. The molecular formula is C60H70Br2N2. The van der Waals surface area contributed by atoms with Gasteiger partial charge < -0.3 is 9.13 Å². The molecule has 0 fully saturated rings. The number of nitrogens with zero attached hydrogens (tertiary/aromatic N) is 2. The number of hydrogen-bond acceptors (Lipinski definition) is 0. The van der Waals surface area contributed by atoms with Gasteiger partial charge in [-0.15, -0.1) is 0 Å². The first-order valence-electron chi connectivity index (χ1n) is 25.2. The second-order valence-electron chi connectivity index (χ2n) is 18.7. The van der Waals surface area contributed by atoms with Gasteiger partial charge in [-0.3, -0.25) is 0 Å². The van der Waals surface area contributed by atoms with Crippen molar-refractivity contribution in [2.24, 2.45) is 0 Å². The van der Waals surface area contributed by atoms with Crippen LogP contribution in [-0.2, 0) is 12.8 Å². The molecule has 8 aromatic rings. The zero-order valence-corrected chi connectivity index (χ0v) is 41.9. The van der Waals surface area contributed by atoms with Crippen molar-refractivity contribution < 1.29 is 0 Å². The number of halogens is 2. The van der Waals surface area contributed by atoms with E-state index >= 15 is 0 Å². The highest BCUT2D eigenvalue weighted by molar-refractivity contribution is 9.10. The Morgan fingerprint density at radius 1 is 0.312 bits per heavy atom. The van der Waals surface area contributed by atoms with E-state index in [1.54, 1.807) is 0 Å². The van der Waals surface area contributed by atoms with Crippen molar-refractivity contribution in [3.63, 3.8) is 0 Å². The highest BCUT2D eigenvalue weighted by Crippen LogP contribution is 2.37. The van der Waals surface area contributed by atoms with Crippen LogP contribution >= 0.6 is 31.9 Å². The summed E-state index contributed by atoms with van der Waals surface area (Å²) in [6, 6.07) is 46.1. The molecule has 0 saturated carbocycles. The van der Waals surface area contributed by atoms with E-state index in [1.807, 2.05) is 0 Å². The number of hydrogen-bond donors (Lipinski definition) is 0. The number of aromatic nitrogens is 2. The SMILES string of the molecule is CCCCCCCCCCCCc1ccc2c(c1)c1ccc(Br)cc1n2-c1ccc(-c2ccc(-n3c4ccc(CCCCCCCCCCCC)cc4c4ccc(Br)cc43)cc2)cc1. The van der Waals surface area contributed by atoms with Crippen molar-refractivity contribution in [2.45, 2.75) is 155 Å². The van der Waals surface area contributed by atoms with Crippen LogP contribution in [0.4, 0.5) is 0 Å². The summed E-state index contributed by atoms with van der Waals surface area (Å²) in [4.78, 5) is 0. The van der Waals surface area contributed by atoms with E-state index in [0.717, 1.165) is 21.8 Å². The Morgan fingerprint density at radius 2 is 0.656 bits per heavy atom. The second-order valence-corrected chi connectivity index (χ2v) is 20.5. The Hall–Kier alpha value is -4.12. The first-order chi connectivity index (χ1) is 31.5. The minimum atomic E-state index is 1.10. The van der Waals surface area contributed by atoms with Crippen LogP contribution in [-0.4, -0.2) is 9.13 Å². The van der Waals surface area contributed by atoms with Crippen LogP contribution in [0.5, 0.6) is 0 Å². The van der Waals surface area contributed by atoms with Gasteiger partial charge in [0.25, 0.3) is 0 Å². The van der Waals surface area contributed by atoms with Crippen LogP contribution in [0.3, 0.4) is 0 Å². The molecular weight excluding hydrogens is 908 g/mol. The second kappa shape index (κ2) is 23.4. The van der Waals surface area contributed by atoms with Gasteiger partial charge in [0.05, 0.1) is 22.1 Å². The summed E-state index contributed by atoms with van der Waals surface area (Å²) in [6.45, 7) is 4.60. The molecule has 64 heavy (non-hydrogen) atoms. The van der Waals surface area contributed by atoms with Crippen LogP contribution in [0.15, 0.2) is 130 Å². The molecule has 0 aliphatic heterocycles. The minimum Gasteiger partial charge on any atom is -0.309 e. The van der Waals surface area contributed by atoms with Gasteiger partial charge in [0.2, 0.25) is 0 Å². The fraction of sp³-hybridized carbons (Fsp3) is 0.400. The Labute approximate surface area is 401 Å². The number of benzene rings is 6. The molecule has 8 rings (SSSR count). The Bertz CT molecular complexity index is 2530. The van der Waals surface area contributed by atoms with Crippen molar-refractivity contribution in [1.29, 1.82) is 0 Å². The van der Waals surface area contributed by atoms with Crippen LogP contribution in [0.2, 0.25) is 0 Å². The minimum absolute atomic E-state index is 1.10. The predicted molar refractivity (Wildman–Crippen MR) is 287 cm³/mol. The van der Waals surface area contributed by atoms with Gasteiger partial charge in [0.1, 0.15) is 0 Å². The molecule has 334 valence electrons. The van der Waals surface area contributed by atoms with Gasteiger partial charge in [0.15, 0.2) is 0 Å². The first-order valence-corrected chi connectivity index (χ1v) is 26.8. The number of aryl methyl sites for hydroxylation is 2. The lowest BCUT2D eigenvalue weighted by atomic mass is 10.0. The summed E-state index contributed by atoms with van der Waals surface area (Å²) in [5, 5.41) is 5.30. The third-order valence-electron chi connectivity index (χ3n) is 13.8. The lowest BCUT2D eigenvalue weighted by molar-refractivity contribution is 0.556. The topological polar surface area (TPSA) is 9.86 Å². The lowest BCUT2D eigenvalue weighted by Gasteiger charge is -2.12. The molecule has 0 N–H and O–H groups in total. The number of unbranched alkanes of at least 4 members (excludes halogenated alkanes) is 18. The highest BCUT2D eigenvalue weighted by Gasteiger charge is 2.16. The highest BCUT2D eigenvalue weighted by atomic mass is 79.9. The monoisotopic (exact) mass is 976 g/mol. The van der Waals surface area contributed by atoms with Gasteiger partial charge in [0, 0.05) is 41.9 Å². The average Bonchev–Trinajstić information content (AvgIpc) is 3.81. The van der Waals surface area contributed by atoms with E-state index in [4.69, 9.17) is 0 Å². The van der Waals surface area contributed by atoms with Gasteiger partial charge in [-0.1, -0.05) is 210 Å². The maximum atomic E-state index is 3.79. The maximum absolute atomic E-state index is 3.79. The van der Waals surface area contributed by atoms with Gasteiger partial charge in [-0.05, 0) is 121 Å². The molecule has 0 bridgehead atoms. The summed E-state index contributed by atoms with van der Waals surface area (Å²) in [5.41, 5.74) is 12.7. The summed E-state index contributed by atoms with van der Waals surface area (Å²) < 4.78 is 7.09. The summed E-state index contributed by atoms with van der Waals surface area (Å²) in [6.07, 6.45) is 29.7. The van der Waals surface area contributed by atoms with E-state index in [0.29, 0.717) is 0 Å². The molecule has 4 heteroatoms. The molecule has 2 heterocycles. The molecule has 0 saturated heterocycles.